The third-order valence-corrected chi connectivity index (χ3v) is 4.57. The van der Waals surface area contributed by atoms with Gasteiger partial charge < -0.3 is 5.32 Å². The van der Waals surface area contributed by atoms with E-state index in [9.17, 15) is 4.39 Å². The van der Waals surface area contributed by atoms with Crippen LogP contribution in [0, 0.1) is 11.7 Å². The average Bonchev–Trinajstić information content (AvgIpc) is 2.49. The van der Waals surface area contributed by atoms with E-state index in [-0.39, 0.29) is 5.82 Å². The molecule has 3 heteroatoms. The fourth-order valence-electron chi connectivity index (χ4n) is 3.42. The van der Waals surface area contributed by atoms with Crippen LogP contribution in [-0.4, -0.2) is 30.6 Å². The monoisotopic (exact) mass is 292 g/mol. The van der Waals surface area contributed by atoms with Crippen molar-refractivity contribution >= 4 is 0 Å². The first-order valence-corrected chi connectivity index (χ1v) is 8.33. The molecule has 1 N–H and O–H groups in total. The van der Waals surface area contributed by atoms with Gasteiger partial charge in [-0.1, -0.05) is 19.1 Å². The van der Waals surface area contributed by atoms with E-state index in [4.69, 9.17) is 0 Å². The fourth-order valence-corrected chi connectivity index (χ4v) is 3.42. The van der Waals surface area contributed by atoms with Gasteiger partial charge in [-0.2, -0.15) is 0 Å². The quantitative estimate of drug-likeness (QED) is 0.853. The Labute approximate surface area is 128 Å². The van der Waals surface area contributed by atoms with E-state index in [0.717, 1.165) is 32.0 Å². The van der Waals surface area contributed by atoms with E-state index >= 15 is 0 Å². The van der Waals surface area contributed by atoms with Crippen LogP contribution in [0.15, 0.2) is 24.3 Å². The first kappa shape index (κ1) is 16.4. The molecular formula is C18H29FN2. The van der Waals surface area contributed by atoms with E-state index in [2.05, 4.69) is 31.0 Å². The predicted molar refractivity (Wildman–Crippen MR) is 86.9 cm³/mol. The molecule has 0 spiro atoms. The van der Waals surface area contributed by atoms with Crippen molar-refractivity contribution in [2.24, 2.45) is 5.92 Å². The zero-order valence-electron chi connectivity index (χ0n) is 13.6. The highest BCUT2D eigenvalue weighted by molar-refractivity contribution is 5.20. The SMILES string of the molecule is CCC(c1ccc(F)cc1)N(CC1CCCNC1)C(C)C. The standard InChI is InChI=1S/C18H29FN2/c1-4-18(16-7-9-17(19)10-8-16)21(14(2)3)13-15-6-5-11-20-12-15/h7-10,14-15,18,20H,4-6,11-13H2,1-3H3. The molecule has 1 aromatic carbocycles. The molecule has 0 aliphatic carbocycles. The smallest absolute Gasteiger partial charge is 0.123 e. The van der Waals surface area contributed by atoms with Gasteiger partial charge in [0.2, 0.25) is 0 Å². The summed E-state index contributed by atoms with van der Waals surface area (Å²) in [5.41, 5.74) is 1.23. The minimum Gasteiger partial charge on any atom is -0.316 e. The molecule has 2 unspecified atom stereocenters. The van der Waals surface area contributed by atoms with Crippen LogP contribution < -0.4 is 5.32 Å². The van der Waals surface area contributed by atoms with Crippen molar-refractivity contribution in [3.8, 4) is 0 Å². The number of hydrogen-bond donors (Lipinski definition) is 1. The highest BCUT2D eigenvalue weighted by Crippen LogP contribution is 2.28. The van der Waals surface area contributed by atoms with Crippen molar-refractivity contribution in [1.29, 1.82) is 0 Å². The van der Waals surface area contributed by atoms with Gasteiger partial charge in [0.1, 0.15) is 5.82 Å². The van der Waals surface area contributed by atoms with E-state index in [1.165, 1.54) is 18.4 Å². The summed E-state index contributed by atoms with van der Waals surface area (Å²) in [7, 11) is 0. The van der Waals surface area contributed by atoms with Crippen LogP contribution in [0.3, 0.4) is 0 Å². The summed E-state index contributed by atoms with van der Waals surface area (Å²) in [4.78, 5) is 2.59. The topological polar surface area (TPSA) is 15.3 Å². The van der Waals surface area contributed by atoms with E-state index in [1.807, 2.05) is 12.1 Å². The second-order valence-corrected chi connectivity index (χ2v) is 6.48. The molecule has 2 rings (SSSR count). The highest BCUT2D eigenvalue weighted by atomic mass is 19.1. The van der Waals surface area contributed by atoms with Crippen molar-refractivity contribution in [2.75, 3.05) is 19.6 Å². The highest BCUT2D eigenvalue weighted by Gasteiger charge is 2.25. The van der Waals surface area contributed by atoms with Crippen molar-refractivity contribution in [3.05, 3.63) is 35.6 Å². The minimum atomic E-state index is -0.152. The fraction of sp³-hybridized carbons (Fsp3) is 0.667. The molecule has 1 aliphatic heterocycles. The Hall–Kier alpha value is -0.930. The van der Waals surface area contributed by atoms with Crippen LogP contribution >= 0.6 is 0 Å². The lowest BCUT2D eigenvalue weighted by molar-refractivity contribution is 0.114. The number of nitrogens with zero attached hydrogens (tertiary/aromatic N) is 1. The molecule has 1 saturated heterocycles. The number of piperidine rings is 1. The van der Waals surface area contributed by atoms with Crippen LogP contribution in [0.2, 0.25) is 0 Å². The summed E-state index contributed by atoms with van der Waals surface area (Å²) in [5, 5.41) is 3.51. The van der Waals surface area contributed by atoms with Crippen LogP contribution in [-0.2, 0) is 0 Å². The normalized spacial score (nSPS) is 21.0. The molecule has 2 atom stereocenters. The Kier molecular flexibility index (Phi) is 6.19. The van der Waals surface area contributed by atoms with Gasteiger partial charge in [0.25, 0.3) is 0 Å². The lowest BCUT2D eigenvalue weighted by Crippen LogP contribution is -2.42. The van der Waals surface area contributed by atoms with Crippen molar-refractivity contribution in [2.45, 2.75) is 52.1 Å². The minimum absolute atomic E-state index is 0.152. The van der Waals surface area contributed by atoms with Gasteiger partial charge in [-0.25, -0.2) is 4.39 Å². The first-order chi connectivity index (χ1) is 10.1. The Morgan fingerprint density at radius 1 is 1.29 bits per heavy atom. The number of nitrogens with one attached hydrogen (secondary N) is 1. The molecule has 2 nitrogen and oxygen atoms in total. The number of benzene rings is 1. The lowest BCUT2D eigenvalue weighted by atomic mass is 9.95. The second-order valence-electron chi connectivity index (χ2n) is 6.48. The zero-order chi connectivity index (χ0) is 15.2. The van der Waals surface area contributed by atoms with Crippen molar-refractivity contribution in [3.63, 3.8) is 0 Å². The largest absolute Gasteiger partial charge is 0.316 e. The molecule has 1 aromatic rings. The summed E-state index contributed by atoms with van der Waals surface area (Å²) in [6.45, 7) is 10.2. The van der Waals surface area contributed by atoms with Gasteiger partial charge in [0.15, 0.2) is 0 Å². The van der Waals surface area contributed by atoms with Gasteiger partial charge >= 0.3 is 0 Å². The molecule has 0 aromatic heterocycles. The molecule has 21 heavy (non-hydrogen) atoms. The van der Waals surface area contributed by atoms with Crippen molar-refractivity contribution in [1.82, 2.24) is 10.2 Å². The molecule has 1 fully saturated rings. The van der Waals surface area contributed by atoms with Gasteiger partial charge in [-0.05, 0) is 69.8 Å². The summed E-state index contributed by atoms with van der Waals surface area (Å²) in [6.07, 6.45) is 3.66. The number of rotatable bonds is 6. The summed E-state index contributed by atoms with van der Waals surface area (Å²) < 4.78 is 13.2. The third kappa shape index (κ3) is 4.52. The Morgan fingerprint density at radius 3 is 2.52 bits per heavy atom. The summed E-state index contributed by atoms with van der Waals surface area (Å²) in [6, 6.07) is 7.93. The molecular weight excluding hydrogens is 263 g/mol. The predicted octanol–water partition coefficient (Wildman–Crippen LogP) is 3.99. The van der Waals surface area contributed by atoms with E-state index in [0.29, 0.717) is 12.1 Å². The Balaban J connectivity index is 2.11. The number of hydrogen-bond acceptors (Lipinski definition) is 2. The molecule has 118 valence electrons. The van der Waals surface area contributed by atoms with Crippen molar-refractivity contribution < 1.29 is 4.39 Å². The first-order valence-electron chi connectivity index (χ1n) is 8.33. The van der Waals surface area contributed by atoms with Gasteiger partial charge in [0, 0.05) is 18.6 Å². The average molecular weight is 292 g/mol. The molecule has 1 aliphatic rings. The van der Waals surface area contributed by atoms with E-state index in [1.54, 1.807) is 12.1 Å². The van der Waals surface area contributed by atoms with Gasteiger partial charge in [-0.3, -0.25) is 4.90 Å². The third-order valence-electron chi connectivity index (χ3n) is 4.57. The second kappa shape index (κ2) is 7.90. The zero-order valence-corrected chi connectivity index (χ0v) is 13.6. The molecule has 1 heterocycles. The summed E-state index contributed by atoms with van der Waals surface area (Å²) in [5.74, 6) is 0.580. The molecule has 0 bridgehead atoms. The van der Waals surface area contributed by atoms with Crippen LogP contribution in [0.1, 0.15) is 51.6 Å². The van der Waals surface area contributed by atoms with Gasteiger partial charge in [0.05, 0.1) is 0 Å². The van der Waals surface area contributed by atoms with Gasteiger partial charge in [-0.15, -0.1) is 0 Å². The number of halogens is 1. The Bertz CT molecular complexity index is 410. The van der Waals surface area contributed by atoms with E-state index < -0.39 is 0 Å². The molecule has 0 saturated carbocycles. The lowest BCUT2D eigenvalue weighted by Gasteiger charge is -2.38. The molecule has 0 radical (unpaired) electrons. The maximum atomic E-state index is 13.2. The maximum Gasteiger partial charge on any atom is 0.123 e. The molecule has 0 amide bonds. The van der Waals surface area contributed by atoms with Crippen LogP contribution in [0.5, 0.6) is 0 Å². The van der Waals surface area contributed by atoms with Crippen LogP contribution in [0.25, 0.3) is 0 Å². The van der Waals surface area contributed by atoms with Crippen LogP contribution in [0.4, 0.5) is 4.39 Å². The summed E-state index contributed by atoms with van der Waals surface area (Å²) >= 11 is 0. The maximum absolute atomic E-state index is 13.2. The Morgan fingerprint density at radius 2 is 2.00 bits per heavy atom.